The smallest absolute Gasteiger partial charge is 0.257 e. The molecule has 3 rings (SSSR count). The number of nitrogens with one attached hydrogen (secondary N) is 3. The minimum atomic E-state index is -0.325. The van der Waals surface area contributed by atoms with E-state index in [4.69, 9.17) is 21.4 Å². The quantitative estimate of drug-likeness (QED) is 0.459. The Bertz CT molecular complexity index is 1020. The number of anilines is 1. The van der Waals surface area contributed by atoms with Gasteiger partial charge in [0.2, 0.25) is 0 Å². The second-order valence-corrected chi connectivity index (χ2v) is 7.03. The van der Waals surface area contributed by atoms with Crippen LogP contribution >= 0.6 is 12.2 Å². The van der Waals surface area contributed by atoms with E-state index in [1.807, 2.05) is 6.92 Å². The molecule has 0 atom stereocenters. The number of carbonyl (C=O) groups is 2. The topological polar surface area (TPSA) is 92.6 Å². The molecule has 1 aromatic heterocycles. The van der Waals surface area contributed by atoms with Crippen LogP contribution in [0, 0.1) is 0 Å². The van der Waals surface area contributed by atoms with E-state index in [0.29, 0.717) is 41.5 Å². The molecule has 0 bridgehead atoms. The van der Waals surface area contributed by atoms with Crippen molar-refractivity contribution in [3.63, 3.8) is 0 Å². The van der Waals surface area contributed by atoms with E-state index < -0.39 is 0 Å². The first-order chi connectivity index (χ1) is 15.0. The number of rotatable bonds is 8. The van der Waals surface area contributed by atoms with Crippen molar-refractivity contribution in [1.29, 1.82) is 0 Å². The van der Waals surface area contributed by atoms with Gasteiger partial charge in [-0.25, -0.2) is 0 Å². The van der Waals surface area contributed by atoms with Gasteiger partial charge in [-0.2, -0.15) is 0 Å². The summed E-state index contributed by atoms with van der Waals surface area (Å²) in [6, 6.07) is 17.2. The molecule has 3 N–H and O–H groups in total. The van der Waals surface area contributed by atoms with Crippen LogP contribution in [0.2, 0.25) is 0 Å². The molecule has 0 aliphatic rings. The van der Waals surface area contributed by atoms with E-state index in [9.17, 15) is 9.59 Å². The number of amides is 2. The van der Waals surface area contributed by atoms with Gasteiger partial charge in [0, 0.05) is 16.8 Å². The summed E-state index contributed by atoms with van der Waals surface area (Å²) in [4.78, 5) is 24.5. The molecule has 0 unspecified atom stereocenters. The van der Waals surface area contributed by atoms with Crippen molar-refractivity contribution in [2.75, 3.05) is 11.9 Å². The van der Waals surface area contributed by atoms with Gasteiger partial charge in [-0.3, -0.25) is 14.9 Å². The van der Waals surface area contributed by atoms with Gasteiger partial charge in [-0.1, -0.05) is 6.92 Å². The second kappa shape index (κ2) is 10.9. The lowest BCUT2D eigenvalue weighted by molar-refractivity contribution is 0.0946. The van der Waals surface area contributed by atoms with Gasteiger partial charge in [0.15, 0.2) is 5.11 Å². The molecule has 0 aliphatic carbocycles. The molecule has 7 nitrogen and oxygen atoms in total. The van der Waals surface area contributed by atoms with Gasteiger partial charge < -0.3 is 19.8 Å². The molecule has 0 radical (unpaired) electrons. The maximum Gasteiger partial charge on any atom is 0.257 e. The summed E-state index contributed by atoms with van der Waals surface area (Å²) in [6.45, 7) is 2.97. The molecular formula is C23H23N3O4S. The summed E-state index contributed by atoms with van der Waals surface area (Å²) in [6.07, 6.45) is 2.47. The molecule has 3 aromatic rings. The van der Waals surface area contributed by atoms with Crippen LogP contribution in [0.1, 0.15) is 39.8 Å². The molecule has 0 aliphatic heterocycles. The van der Waals surface area contributed by atoms with Crippen LogP contribution < -0.4 is 20.7 Å². The first-order valence-electron chi connectivity index (χ1n) is 9.81. The zero-order valence-electron chi connectivity index (χ0n) is 17.0. The maximum absolute atomic E-state index is 12.3. The molecule has 2 amide bonds. The Balaban J connectivity index is 1.48. The molecule has 1 heterocycles. The van der Waals surface area contributed by atoms with E-state index in [1.54, 1.807) is 66.9 Å². The number of hydrogen-bond acceptors (Lipinski definition) is 5. The average molecular weight is 438 g/mol. The van der Waals surface area contributed by atoms with Crippen molar-refractivity contribution in [2.24, 2.45) is 0 Å². The van der Waals surface area contributed by atoms with Crippen LogP contribution in [0.25, 0.3) is 0 Å². The fourth-order valence-corrected chi connectivity index (χ4v) is 2.86. The van der Waals surface area contributed by atoms with Crippen LogP contribution in [0.15, 0.2) is 71.3 Å². The monoisotopic (exact) mass is 437 g/mol. The molecule has 2 aromatic carbocycles. The number of carbonyl (C=O) groups excluding carboxylic acids is 2. The highest BCUT2D eigenvalue weighted by Gasteiger charge is 2.10. The second-order valence-electron chi connectivity index (χ2n) is 6.62. The highest BCUT2D eigenvalue weighted by atomic mass is 32.1. The predicted molar refractivity (Wildman–Crippen MR) is 122 cm³/mol. The Morgan fingerprint density at radius 3 is 2.29 bits per heavy atom. The van der Waals surface area contributed by atoms with Gasteiger partial charge in [0.1, 0.15) is 11.5 Å². The Hall–Kier alpha value is -3.65. The third kappa shape index (κ3) is 6.68. The molecular weight excluding hydrogens is 414 g/mol. The fraction of sp³-hybridized carbons (Fsp3) is 0.174. The van der Waals surface area contributed by atoms with E-state index in [0.717, 1.165) is 6.42 Å². The molecule has 0 saturated heterocycles. The molecule has 0 saturated carbocycles. The maximum atomic E-state index is 12.3. The summed E-state index contributed by atoms with van der Waals surface area (Å²) in [7, 11) is 0. The average Bonchev–Trinajstić information content (AvgIpc) is 3.30. The zero-order valence-corrected chi connectivity index (χ0v) is 17.8. The molecule has 0 spiro atoms. The van der Waals surface area contributed by atoms with Crippen molar-refractivity contribution in [1.82, 2.24) is 10.6 Å². The van der Waals surface area contributed by atoms with Crippen molar-refractivity contribution < 1.29 is 18.7 Å². The standard InChI is InChI=1S/C23H23N3O4S/c1-2-13-29-19-11-7-17(8-12-19)22(28)26-23(31)25-18-9-5-16(6-10-18)21(27)24-15-20-4-3-14-30-20/h3-12,14H,2,13,15H2,1H3,(H,24,27)(H2,25,26,28,31). The Kier molecular flexibility index (Phi) is 7.78. The lowest BCUT2D eigenvalue weighted by atomic mass is 10.2. The summed E-state index contributed by atoms with van der Waals surface area (Å²) >= 11 is 5.21. The van der Waals surface area contributed by atoms with Gasteiger partial charge in [0.05, 0.1) is 19.4 Å². The summed E-state index contributed by atoms with van der Waals surface area (Å²) in [5.74, 6) is 0.849. The largest absolute Gasteiger partial charge is 0.494 e. The van der Waals surface area contributed by atoms with Gasteiger partial charge in [-0.15, -0.1) is 0 Å². The van der Waals surface area contributed by atoms with Crippen molar-refractivity contribution in [3.05, 3.63) is 83.8 Å². The lowest BCUT2D eigenvalue weighted by Crippen LogP contribution is -2.34. The third-order valence-electron chi connectivity index (χ3n) is 4.22. The summed E-state index contributed by atoms with van der Waals surface area (Å²) in [5, 5.41) is 8.50. The Morgan fingerprint density at radius 1 is 0.968 bits per heavy atom. The van der Waals surface area contributed by atoms with Crippen LogP contribution in [0.4, 0.5) is 5.69 Å². The molecule has 31 heavy (non-hydrogen) atoms. The van der Waals surface area contributed by atoms with Crippen LogP contribution in [-0.2, 0) is 6.54 Å². The Morgan fingerprint density at radius 2 is 1.65 bits per heavy atom. The first kappa shape index (κ1) is 22.0. The lowest BCUT2D eigenvalue weighted by Gasteiger charge is -2.11. The minimum Gasteiger partial charge on any atom is -0.494 e. The fourth-order valence-electron chi connectivity index (χ4n) is 2.65. The molecule has 8 heteroatoms. The number of hydrogen-bond donors (Lipinski definition) is 3. The van der Waals surface area contributed by atoms with Crippen molar-refractivity contribution in [2.45, 2.75) is 19.9 Å². The SMILES string of the molecule is CCCOc1ccc(C(=O)NC(=S)Nc2ccc(C(=O)NCc3ccco3)cc2)cc1. The van der Waals surface area contributed by atoms with Gasteiger partial charge >= 0.3 is 0 Å². The first-order valence-corrected chi connectivity index (χ1v) is 10.2. The zero-order chi connectivity index (χ0) is 22.1. The number of furan rings is 1. The van der Waals surface area contributed by atoms with Crippen LogP contribution in [0.3, 0.4) is 0 Å². The summed E-state index contributed by atoms with van der Waals surface area (Å²) in [5.41, 5.74) is 1.62. The van der Waals surface area contributed by atoms with E-state index in [-0.39, 0.29) is 16.9 Å². The van der Waals surface area contributed by atoms with Crippen LogP contribution in [-0.4, -0.2) is 23.5 Å². The number of benzene rings is 2. The highest BCUT2D eigenvalue weighted by molar-refractivity contribution is 7.80. The molecule has 160 valence electrons. The van der Waals surface area contributed by atoms with Crippen LogP contribution in [0.5, 0.6) is 5.75 Å². The predicted octanol–water partition coefficient (Wildman–Crippen LogP) is 4.13. The van der Waals surface area contributed by atoms with Crippen molar-refractivity contribution in [3.8, 4) is 5.75 Å². The highest BCUT2D eigenvalue weighted by Crippen LogP contribution is 2.13. The molecule has 0 fully saturated rings. The van der Waals surface area contributed by atoms with E-state index in [2.05, 4.69) is 16.0 Å². The normalized spacial score (nSPS) is 10.2. The third-order valence-corrected chi connectivity index (χ3v) is 4.43. The number of thiocarbonyl (C=S) groups is 1. The Labute approximate surface area is 185 Å². The van der Waals surface area contributed by atoms with Gasteiger partial charge in [0.25, 0.3) is 11.8 Å². The van der Waals surface area contributed by atoms with Gasteiger partial charge in [-0.05, 0) is 79.3 Å². The minimum absolute atomic E-state index is 0.159. The van der Waals surface area contributed by atoms with Crippen molar-refractivity contribution >= 4 is 34.8 Å². The summed E-state index contributed by atoms with van der Waals surface area (Å²) < 4.78 is 10.7. The van der Waals surface area contributed by atoms with E-state index in [1.165, 1.54) is 0 Å². The number of ether oxygens (including phenoxy) is 1. The van der Waals surface area contributed by atoms with E-state index >= 15 is 0 Å².